The van der Waals surface area contributed by atoms with Crippen LogP contribution in [0.4, 0.5) is 5.69 Å². The zero-order valence-corrected chi connectivity index (χ0v) is 13.0. The van der Waals surface area contributed by atoms with Crippen LogP contribution in [0.5, 0.6) is 0 Å². The van der Waals surface area contributed by atoms with E-state index in [4.69, 9.17) is 5.26 Å². The smallest absolute Gasteiger partial charge is 0.240 e. The summed E-state index contributed by atoms with van der Waals surface area (Å²) in [6, 6.07) is 12.4. The van der Waals surface area contributed by atoms with Gasteiger partial charge in [-0.1, -0.05) is 12.1 Å². The summed E-state index contributed by atoms with van der Waals surface area (Å²) in [6.45, 7) is 0.352. The number of carbonyl (C=O) groups is 2. The van der Waals surface area contributed by atoms with Crippen molar-refractivity contribution in [2.45, 2.75) is 19.4 Å². The van der Waals surface area contributed by atoms with E-state index in [0.717, 1.165) is 5.56 Å². The lowest BCUT2D eigenvalue weighted by atomic mass is 10.0. The average Bonchev–Trinajstić information content (AvgIpc) is 3.43. The third-order valence-electron chi connectivity index (χ3n) is 4.12. The van der Waals surface area contributed by atoms with Gasteiger partial charge in [0.25, 0.3) is 0 Å². The van der Waals surface area contributed by atoms with Gasteiger partial charge in [-0.05, 0) is 42.7 Å². The molecule has 1 aliphatic carbocycles. The minimum atomic E-state index is -1.03. The Kier molecular flexibility index (Phi) is 4.25. The molecule has 0 radical (unpaired) electrons. The number of hydrogen-bond donors (Lipinski definition) is 2. The van der Waals surface area contributed by atoms with Gasteiger partial charge >= 0.3 is 0 Å². The molecular formula is C18H16N4O2. The van der Waals surface area contributed by atoms with Crippen LogP contribution in [0.3, 0.4) is 0 Å². The van der Waals surface area contributed by atoms with Crippen molar-refractivity contribution in [1.82, 2.24) is 10.3 Å². The van der Waals surface area contributed by atoms with Gasteiger partial charge in [-0.3, -0.25) is 14.6 Å². The number of rotatable bonds is 5. The van der Waals surface area contributed by atoms with Crippen molar-refractivity contribution in [1.29, 1.82) is 5.26 Å². The maximum absolute atomic E-state index is 12.5. The molecule has 2 N–H and O–H groups in total. The van der Waals surface area contributed by atoms with Crippen LogP contribution in [0.25, 0.3) is 0 Å². The van der Waals surface area contributed by atoms with Crippen LogP contribution < -0.4 is 10.6 Å². The molecule has 0 atom stereocenters. The lowest BCUT2D eigenvalue weighted by Crippen LogP contribution is -2.39. The minimum Gasteiger partial charge on any atom is -0.351 e. The van der Waals surface area contributed by atoms with Crippen LogP contribution in [-0.4, -0.2) is 16.8 Å². The second kappa shape index (κ2) is 6.50. The Labute approximate surface area is 139 Å². The summed E-state index contributed by atoms with van der Waals surface area (Å²) in [6.07, 6.45) is 4.32. The lowest BCUT2D eigenvalue weighted by Gasteiger charge is -2.16. The third kappa shape index (κ3) is 3.10. The van der Waals surface area contributed by atoms with Crippen LogP contribution in [0.2, 0.25) is 0 Å². The largest absolute Gasteiger partial charge is 0.351 e. The van der Waals surface area contributed by atoms with E-state index < -0.39 is 5.41 Å². The molecule has 0 bridgehead atoms. The van der Waals surface area contributed by atoms with E-state index in [9.17, 15) is 9.59 Å². The SMILES string of the molecule is N#Cc1ccccc1NC(=O)C1(C(=O)NCc2ccncc2)CC1. The van der Waals surface area contributed by atoms with Gasteiger partial charge in [0.1, 0.15) is 11.5 Å². The fourth-order valence-electron chi connectivity index (χ4n) is 2.47. The Hall–Kier alpha value is -3.20. The zero-order valence-electron chi connectivity index (χ0n) is 13.0. The lowest BCUT2D eigenvalue weighted by molar-refractivity contribution is -0.134. The van der Waals surface area contributed by atoms with Crippen LogP contribution >= 0.6 is 0 Å². The van der Waals surface area contributed by atoms with Gasteiger partial charge in [0.15, 0.2) is 0 Å². The molecule has 1 aromatic heterocycles. The number of para-hydroxylation sites is 1. The highest BCUT2D eigenvalue weighted by Gasteiger charge is 2.56. The van der Waals surface area contributed by atoms with E-state index in [1.165, 1.54) is 0 Å². The van der Waals surface area contributed by atoms with Gasteiger partial charge in [-0.25, -0.2) is 0 Å². The highest BCUT2D eigenvalue weighted by molar-refractivity contribution is 6.13. The van der Waals surface area contributed by atoms with E-state index >= 15 is 0 Å². The molecule has 24 heavy (non-hydrogen) atoms. The molecular weight excluding hydrogens is 304 g/mol. The monoisotopic (exact) mass is 320 g/mol. The second-order valence-electron chi connectivity index (χ2n) is 5.73. The molecule has 2 amide bonds. The summed E-state index contributed by atoms with van der Waals surface area (Å²) in [4.78, 5) is 28.9. The number of pyridine rings is 1. The van der Waals surface area contributed by atoms with Crippen molar-refractivity contribution >= 4 is 17.5 Å². The van der Waals surface area contributed by atoms with Crippen LogP contribution in [0.15, 0.2) is 48.8 Å². The molecule has 120 valence electrons. The molecule has 1 fully saturated rings. The van der Waals surface area contributed by atoms with E-state index in [0.29, 0.717) is 30.6 Å². The number of amides is 2. The molecule has 1 aliphatic rings. The zero-order chi connectivity index (χ0) is 17.0. The third-order valence-corrected chi connectivity index (χ3v) is 4.12. The van der Waals surface area contributed by atoms with Crippen molar-refractivity contribution < 1.29 is 9.59 Å². The normalized spacial score (nSPS) is 14.3. The number of hydrogen-bond acceptors (Lipinski definition) is 4. The quantitative estimate of drug-likeness (QED) is 0.824. The number of nitrogens with zero attached hydrogens (tertiary/aromatic N) is 2. The van der Waals surface area contributed by atoms with Crippen molar-refractivity contribution in [3.8, 4) is 6.07 Å². The molecule has 0 saturated heterocycles. The second-order valence-corrected chi connectivity index (χ2v) is 5.73. The molecule has 1 aromatic carbocycles. The average molecular weight is 320 g/mol. The highest BCUT2D eigenvalue weighted by Crippen LogP contribution is 2.47. The predicted octanol–water partition coefficient (Wildman–Crippen LogP) is 1.99. The Morgan fingerprint density at radius 1 is 1.12 bits per heavy atom. The molecule has 1 heterocycles. The Balaban J connectivity index is 1.66. The fourth-order valence-corrected chi connectivity index (χ4v) is 2.47. The first-order valence-electron chi connectivity index (χ1n) is 7.63. The summed E-state index contributed by atoms with van der Waals surface area (Å²) < 4.78 is 0. The maximum atomic E-state index is 12.5. The standard InChI is InChI=1S/C18H16N4O2/c19-11-14-3-1-2-4-15(14)22-17(24)18(7-8-18)16(23)21-12-13-5-9-20-10-6-13/h1-6,9-10H,7-8,12H2,(H,21,23)(H,22,24). The number of nitriles is 1. The van der Waals surface area contributed by atoms with E-state index in [-0.39, 0.29) is 11.8 Å². The first-order valence-corrected chi connectivity index (χ1v) is 7.63. The van der Waals surface area contributed by atoms with Gasteiger partial charge in [-0.15, -0.1) is 0 Å². The summed E-state index contributed by atoms with van der Waals surface area (Å²) in [5.41, 5.74) is 0.691. The molecule has 2 aromatic rings. The van der Waals surface area contributed by atoms with E-state index in [2.05, 4.69) is 15.6 Å². The molecule has 0 aliphatic heterocycles. The van der Waals surface area contributed by atoms with Crippen LogP contribution in [0.1, 0.15) is 24.0 Å². The van der Waals surface area contributed by atoms with Crippen molar-refractivity contribution in [2.75, 3.05) is 5.32 Å². The summed E-state index contributed by atoms with van der Waals surface area (Å²) >= 11 is 0. The number of anilines is 1. The van der Waals surface area contributed by atoms with Gasteiger partial charge in [0.2, 0.25) is 11.8 Å². The number of nitrogens with one attached hydrogen (secondary N) is 2. The van der Waals surface area contributed by atoms with E-state index in [1.54, 1.807) is 36.7 Å². The number of benzene rings is 1. The molecule has 3 rings (SSSR count). The molecule has 6 nitrogen and oxygen atoms in total. The fraction of sp³-hybridized carbons (Fsp3) is 0.222. The summed E-state index contributed by atoms with van der Waals surface area (Å²) in [7, 11) is 0. The molecule has 0 unspecified atom stereocenters. The molecule has 6 heteroatoms. The van der Waals surface area contributed by atoms with Crippen molar-refractivity contribution in [3.05, 3.63) is 59.9 Å². The van der Waals surface area contributed by atoms with Gasteiger partial charge in [0, 0.05) is 18.9 Å². The van der Waals surface area contributed by atoms with Crippen LogP contribution in [-0.2, 0) is 16.1 Å². The Morgan fingerprint density at radius 3 is 2.50 bits per heavy atom. The maximum Gasteiger partial charge on any atom is 0.240 e. The van der Waals surface area contributed by atoms with Gasteiger partial charge in [0.05, 0.1) is 11.3 Å². The van der Waals surface area contributed by atoms with Gasteiger partial charge < -0.3 is 10.6 Å². The number of aromatic nitrogens is 1. The van der Waals surface area contributed by atoms with Crippen LogP contribution in [0, 0.1) is 16.7 Å². The minimum absolute atomic E-state index is 0.286. The highest BCUT2D eigenvalue weighted by atomic mass is 16.2. The Bertz CT molecular complexity index is 807. The summed E-state index contributed by atoms with van der Waals surface area (Å²) in [5.74, 6) is -0.649. The predicted molar refractivity (Wildman–Crippen MR) is 87.5 cm³/mol. The molecule has 0 spiro atoms. The Morgan fingerprint density at radius 2 is 1.83 bits per heavy atom. The first-order chi connectivity index (χ1) is 11.7. The van der Waals surface area contributed by atoms with E-state index in [1.807, 2.05) is 18.2 Å². The first kappa shape index (κ1) is 15.7. The van der Waals surface area contributed by atoms with Crippen molar-refractivity contribution in [3.63, 3.8) is 0 Å². The topological polar surface area (TPSA) is 94.9 Å². The molecule has 1 saturated carbocycles. The summed E-state index contributed by atoms with van der Waals surface area (Å²) in [5, 5.41) is 14.6. The van der Waals surface area contributed by atoms with Crippen molar-refractivity contribution in [2.24, 2.45) is 5.41 Å². The number of carbonyl (C=O) groups excluding carboxylic acids is 2. The van der Waals surface area contributed by atoms with Gasteiger partial charge in [-0.2, -0.15) is 5.26 Å².